The molecule has 0 spiro atoms. The van der Waals surface area contributed by atoms with Crippen LogP contribution in [0.25, 0.3) is 11.5 Å². The molecule has 1 saturated heterocycles. The fourth-order valence-electron chi connectivity index (χ4n) is 3.07. The summed E-state index contributed by atoms with van der Waals surface area (Å²) in [6, 6.07) is 8.39. The Labute approximate surface area is 149 Å². The third-order valence-corrected chi connectivity index (χ3v) is 6.53. The molecule has 1 N–H and O–H groups in total. The van der Waals surface area contributed by atoms with Crippen LogP contribution in [0.1, 0.15) is 22.7 Å². The Hall–Kier alpha value is -2.81. The van der Waals surface area contributed by atoms with Gasteiger partial charge >= 0.3 is 0 Å². The highest BCUT2D eigenvalue weighted by Crippen LogP contribution is 2.24. The smallest absolute Gasteiger partial charge is 0.274 e. The summed E-state index contributed by atoms with van der Waals surface area (Å²) in [4.78, 5) is 14.1. The first kappa shape index (κ1) is 16.6. The van der Waals surface area contributed by atoms with E-state index >= 15 is 0 Å². The Kier molecular flexibility index (Phi) is 4.15. The van der Waals surface area contributed by atoms with Gasteiger partial charge in [-0.3, -0.25) is 9.89 Å². The number of rotatable bonds is 5. The molecule has 3 aromatic heterocycles. The average molecular weight is 375 g/mol. The highest BCUT2D eigenvalue weighted by molar-refractivity contribution is 7.91. The number of aromatic amines is 1. The number of nitrogens with zero attached hydrogens (tertiary/aromatic N) is 2. The van der Waals surface area contributed by atoms with E-state index in [1.54, 1.807) is 30.3 Å². The summed E-state index contributed by atoms with van der Waals surface area (Å²) in [6.45, 7) is 0.536. The van der Waals surface area contributed by atoms with Gasteiger partial charge in [-0.2, -0.15) is 5.10 Å². The first-order valence-electron chi connectivity index (χ1n) is 8.15. The normalized spacial score (nSPS) is 17.7. The first-order valence-corrected chi connectivity index (χ1v) is 9.87. The van der Waals surface area contributed by atoms with Crippen molar-refractivity contribution in [2.75, 3.05) is 13.1 Å². The number of nitrogens with one attached hydrogen (secondary N) is 1. The molecule has 4 heterocycles. The highest BCUT2D eigenvalue weighted by Gasteiger charge is 2.36. The van der Waals surface area contributed by atoms with Crippen LogP contribution in [-0.2, 0) is 15.6 Å². The molecule has 1 fully saturated rings. The van der Waals surface area contributed by atoms with E-state index in [-0.39, 0.29) is 23.9 Å². The lowest BCUT2D eigenvalue weighted by Crippen LogP contribution is -2.32. The number of hydrogen-bond acceptors (Lipinski definition) is 6. The second-order valence-electron chi connectivity index (χ2n) is 6.19. The molecule has 8 nitrogen and oxygen atoms in total. The molecule has 1 amide bonds. The number of hydrogen-bond donors (Lipinski definition) is 1. The number of sulfone groups is 1. The molecule has 3 aromatic rings. The van der Waals surface area contributed by atoms with Crippen LogP contribution in [0.5, 0.6) is 0 Å². The van der Waals surface area contributed by atoms with E-state index in [0.29, 0.717) is 30.2 Å². The molecule has 1 aliphatic rings. The maximum absolute atomic E-state index is 12.6. The number of likely N-dealkylation sites (tertiary alicyclic amines) is 1. The van der Waals surface area contributed by atoms with Gasteiger partial charge in [-0.1, -0.05) is 0 Å². The predicted octanol–water partition coefficient (Wildman–Crippen LogP) is 2.09. The zero-order chi connectivity index (χ0) is 18.1. The molecule has 136 valence electrons. The van der Waals surface area contributed by atoms with Crippen LogP contribution < -0.4 is 0 Å². The van der Waals surface area contributed by atoms with Crippen LogP contribution in [0.2, 0.25) is 0 Å². The molecule has 0 saturated carbocycles. The largest absolute Gasteiger partial charge is 0.468 e. The third kappa shape index (κ3) is 3.17. The van der Waals surface area contributed by atoms with Gasteiger partial charge in [0.1, 0.15) is 17.2 Å². The van der Waals surface area contributed by atoms with Gasteiger partial charge in [0.05, 0.1) is 17.8 Å². The number of carbonyl (C=O) groups is 1. The number of amides is 1. The Morgan fingerprint density at radius 1 is 1.27 bits per heavy atom. The summed E-state index contributed by atoms with van der Waals surface area (Å²) in [7, 11) is -3.39. The van der Waals surface area contributed by atoms with Gasteiger partial charge in [0, 0.05) is 19.2 Å². The summed E-state index contributed by atoms with van der Waals surface area (Å²) in [5.41, 5.74) is 0.833. The highest BCUT2D eigenvalue weighted by atomic mass is 32.2. The van der Waals surface area contributed by atoms with Gasteiger partial charge < -0.3 is 13.7 Å². The van der Waals surface area contributed by atoms with Crippen molar-refractivity contribution in [2.45, 2.75) is 17.4 Å². The van der Waals surface area contributed by atoms with E-state index in [0.717, 1.165) is 0 Å². The van der Waals surface area contributed by atoms with Gasteiger partial charge in [-0.25, -0.2) is 8.42 Å². The Bertz CT molecular complexity index is 989. The second kappa shape index (κ2) is 6.49. The summed E-state index contributed by atoms with van der Waals surface area (Å²) < 4.78 is 35.5. The lowest BCUT2D eigenvalue weighted by molar-refractivity contribution is 0.0787. The van der Waals surface area contributed by atoms with Gasteiger partial charge in [0.25, 0.3) is 5.91 Å². The Morgan fingerprint density at radius 3 is 2.81 bits per heavy atom. The van der Waals surface area contributed by atoms with E-state index in [1.165, 1.54) is 17.4 Å². The fourth-order valence-corrected chi connectivity index (χ4v) is 4.74. The van der Waals surface area contributed by atoms with Crippen molar-refractivity contribution >= 4 is 15.7 Å². The second-order valence-corrected chi connectivity index (χ2v) is 8.47. The number of furan rings is 2. The van der Waals surface area contributed by atoms with Crippen molar-refractivity contribution in [2.24, 2.45) is 0 Å². The van der Waals surface area contributed by atoms with Crippen LogP contribution in [0.4, 0.5) is 0 Å². The quantitative estimate of drug-likeness (QED) is 0.731. The first-order chi connectivity index (χ1) is 12.5. The Morgan fingerprint density at radius 2 is 2.08 bits per heavy atom. The van der Waals surface area contributed by atoms with Gasteiger partial charge in [-0.05, 0) is 30.7 Å². The standard InChI is InChI=1S/C17H17N3O5S/c21-17(15-9-14(18-19-15)16-4-2-8-25-16)20-6-5-13(10-20)26(22,23)11-12-3-1-7-24-12/h1-4,7-9,13H,5-6,10-11H2,(H,18,19)/t13-/m0/s1. The van der Waals surface area contributed by atoms with Crippen molar-refractivity contribution in [1.29, 1.82) is 0 Å². The summed E-state index contributed by atoms with van der Waals surface area (Å²) in [5.74, 6) is 0.536. The molecule has 0 unspecified atom stereocenters. The third-order valence-electron chi connectivity index (χ3n) is 4.45. The van der Waals surface area contributed by atoms with Crippen molar-refractivity contribution in [3.05, 3.63) is 54.3 Å². The SMILES string of the molecule is O=C(c1cc(-c2ccco2)[nH]n1)N1CC[C@H](S(=O)(=O)Cc2ccco2)C1. The zero-order valence-corrected chi connectivity index (χ0v) is 14.6. The van der Waals surface area contributed by atoms with Gasteiger partial charge in [-0.15, -0.1) is 0 Å². The lowest BCUT2D eigenvalue weighted by Gasteiger charge is -2.15. The molecule has 26 heavy (non-hydrogen) atoms. The van der Waals surface area contributed by atoms with Crippen molar-refractivity contribution in [1.82, 2.24) is 15.1 Å². The molecular weight excluding hydrogens is 358 g/mol. The van der Waals surface area contributed by atoms with Crippen LogP contribution >= 0.6 is 0 Å². The van der Waals surface area contributed by atoms with Crippen molar-refractivity contribution < 1.29 is 22.0 Å². The maximum atomic E-state index is 12.6. The Balaban J connectivity index is 1.44. The van der Waals surface area contributed by atoms with Crippen molar-refractivity contribution in [3.63, 3.8) is 0 Å². The molecule has 0 bridgehead atoms. The van der Waals surface area contributed by atoms with Crippen LogP contribution in [0.3, 0.4) is 0 Å². The topological polar surface area (TPSA) is 109 Å². The molecular formula is C17H17N3O5S. The number of carbonyl (C=O) groups excluding carboxylic acids is 1. The van der Waals surface area contributed by atoms with Crippen LogP contribution in [0.15, 0.2) is 51.7 Å². The van der Waals surface area contributed by atoms with Crippen molar-refractivity contribution in [3.8, 4) is 11.5 Å². The minimum atomic E-state index is -3.39. The predicted molar refractivity (Wildman–Crippen MR) is 91.9 cm³/mol. The zero-order valence-electron chi connectivity index (χ0n) is 13.8. The van der Waals surface area contributed by atoms with E-state index in [4.69, 9.17) is 8.83 Å². The van der Waals surface area contributed by atoms with E-state index in [2.05, 4.69) is 10.2 Å². The summed E-state index contributed by atoms with van der Waals surface area (Å²) in [5, 5.41) is 6.19. The molecule has 0 radical (unpaired) electrons. The molecule has 4 rings (SSSR count). The van der Waals surface area contributed by atoms with Gasteiger partial charge in [0.15, 0.2) is 21.3 Å². The minimum absolute atomic E-state index is 0.155. The maximum Gasteiger partial charge on any atom is 0.274 e. The molecule has 0 aliphatic carbocycles. The molecule has 1 atom stereocenters. The molecule has 1 aliphatic heterocycles. The monoisotopic (exact) mass is 375 g/mol. The minimum Gasteiger partial charge on any atom is -0.468 e. The lowest BCUT2D eigenvalue weighted by atomic mass is 10.3. The molecule has 0 aromatic carbocycles. The van der Waals surface area contributed by atoms with E-state index in [1.807, 2.05) is 0 Å². The van der Waals surface area contributed by atoms with E-state index < -0.39 is 15.1 Å². The van der Waals surface area contributed by atoms with Crippen LogP contribution in [0, 0.1) is 0 Å². The summed E-state index contributed by atoms with van der Waals surface area (Å²) in [6.07, 6.45) is 3.39. The van der Waals surface area contributed by atoms with Gasteiger partial charge in [0.2, 0.25) is 0 Å². The summed E-state index contributed by atoms with van der Waals surface area (Å²) >= 11 is 0. The van der Waals surface area contributed by atoms with Crippen LogP contribution in [-0.4, -0.2) is 47.8 Å². The number of aromatic nitrogens is 2. The number of H-pyrrole nitrogens is 1. The van der Waals surface area contributed by atoms with E-state index in [9.17, 15) is 13.2 Å². The average Bonchev–Trinajstić information content (AvgIpc) is 3.41. The molecule has 9 heteroatoms. The fraction of sp³-hybridized carbons (Fsp3) is 0.294.